The summed E-state index contributed by atoms with van der Waals surface area (Å²) < 4.78 is 4.79. The van der Waals surface area contributed by atoms with E-state index < -0.39 is 0 Å². The van der Waals surface area contributed by atoms with Gasteiger partial charge < -0.3 is 9.84 Å². The Morgan fingerprint density at radius 1 is 1.25 bits per heavy atom. The number of unbranched alkanes of at least 4 members (excludes halogenated alkanes) is 2. The van der Waals surface area contributed by atoms with Gasteiger partial charge in [-0.25, -0.2) is 0 Å². The van der Waals surface area contributed by atoms with Crippen LogP contribution >= 0.6 is 0 Å². The Hall–Kier alpha value is -0.0800. The van der Waals surface area contributed by atoms with E-state index in [2.05, 4.69) is 0 Å². The molecule has 0 rings (SSSR count). The summed E-state index contributed by atoms with van der Waals surface area (Å²) in [5.74, 6) is 0. The van der Waals surface area contributed by atoms with Crippen molar-refractivity contribution in [2.45, 2.75) is 19.3 Å². The Morgan fingerprint density at radius 3 is 2.50 bits per heavy atom. The third kappa shape index (κ3) is 5.92. The minimum atomic E-state index is 0.0592. The molecule has 0 fully saturated rings. The van der Waals surface area contributed by atoms with E-state index in [4.69, 9.17) is 4.74 Å². The molecule has 0 heterocycles. The van der Waals surface area contributed by atoms with Gasteiger partial charge in [-0.1, -0.05) is 12.8 Å². The predicted octanol–water partition coefficient (Wildman–Crippen LogP) is 0.163. The Morgan fingerprint density at radius 2 is 2.00 bits per heavy atom. The van der Waals surface area contributed by atoms with Gasteiger partial charge in [0.05, 0.1) is 0 Å². The fraction of sp³-hybridized carbons (Fsp3) is 1.00. The maximum atomic E-state index is 9.85. The molecule has 0 bridgehead atoms. The third-order valence-corrected chi connectivity index (χ3v) is 0.993. The molecule has 0 radical (unpaired) electrons. The standard InChI is InChI=1S/C6H13O2/c1-8-6-4-2-3-5-7/h2-6H2,1H3/q-1. The van der Waals surface area contributed by atoms with E-state index in [-0.39, 0.29) is 6.61 Å². The molecule has 0 unspecified atom stereocenters. The van der Waals surface area contributed by atoms with E-state index in [0.717, 1.165) is 25.9 Å². The first kappa shape index (κ1) is 7.92. The van der Waals surface area contributed by atoms with Crippen molar-refractivity contribution in [3.05, 3.63) is 0 Å². The largest absolute Gasteiger partial charge is 0.854 e. The minimum Gasteiger partial charge on any atom is -0.854 e. The van der Waals surface area contributed by atoms with Gasteiger partial charge in [0.1, 0.15) is 0 Å². The summed E-state index contributed by atoms with van der Waals surface area (Å²) in [6.07, 6.45) is 2.83. The van der Waals surface area contributed by atoms with Crippen LogP contribution in [0.15, 0.2) is 0 Å². The zero-order valence-corrected chi connectivity index (χ0v) is 5.35. The lowest BCUT2D eigenvalue weighted by molar-refractivity contribution is -0.368. The van der Waals surface area contributed by atoms with Gasteiger partial charge in [-0.2, -0.15) is 0 Å². The number of hydrogen-bond donors (Lipinski definition) is 0. The average Bonchev–Trinajstić information content (AvgIpc) is 1.81. The van der Waals surface area contributed by atoms with E-state index in [1.54, 1.807) is 7.11 Å². The molecule has 8 heavy (non-hydrogen) atoms. The zero-order chi connectivity index (χ0) is 6.24. The molecule has 0 atom stereocenters. The first-order chi connectivity index (χ1) is 3.91. The van der Waals surface area contributed by atoms with Crippen LogP contribution in [0.4, 0.5) is 0 Å². The van der Waals surface area contributed by atoms with Crippen LogP contribution in [0.25, 0.3) is 0 Å². The van der Waals surface area contributed by atoms with Crippen LogP contribution < -0.4 is 5.11 Å². The fourth-order valence-corrected chi connectivity index (χ4v) is 0.525. The van der Waals surface area contributed by atoms with Crippen LogP contribution in [0.3, 0.4) is 0 Å². The highest BCUT2D eigenvalue weighted by atomic mass is 16.5. The smallest absolute Gasteiger partial charge is 0.0462 e. The number of methoxy groups -OCH3 is 1. The summed E-state index contributed by atoms with van der Waals surface area (Å²) in [6, 6.07) is 0. The molecule has 2 heteroatoms. The SMILES string of the molecule is COCCCCC[O-]. The first-order valence-corrected chi connectivity index (χ1v) is 2.99. The topological polar surface area (TPSA) is 32.3 Å². The van der Waals surface area contributed by atoms with Crippen molar-refractivity contribution in [2.24, 2.45) is 0 Å². The van der Waals surface area contributed by atoms with E-state index in [9.17, 15) is 5.11 Å². The van der Waals surface area contributed by atoms with Crippen molar-refractivity contribution >= 4 is 0 Å². The molecule has 0 aromatic rings. The number of hydrogen-bond acceptors (Lipinski definition) is 2. The Balaban J connectivity index is 2.53. The van der Waals surface area contributed by atoms with Crippen molar-refractivity contribution in [1.29, 1.82) is 0 Å². The van der Waals surface area contributed by atoms with Crippen LogP contribution in [-0.4, -0.2) is 20.3 Å². The minimum absolute atomic E-state index is 0.0592. The first-order valence-electron chi connectivity index (χ1n) is 2.99. The molecule has 0 saturated carbocycles. The lowest BCUT2D eigenvalue weighted by atomic mass is 10.2. The Labute approximate surface area is 50.5 Å². The van der Waals surface area contributed by atoms with Crippen LogP contribution in [0.5, 0.6) is 0 Å². The molecule has 0 aromatic heterocycles. The zero-order valence-electron chi connectivity index (χ0n) is 5.35. The van der Waals surface area contributed by atoms with E-state index in [1.165, 1.54) is 0 Å². The lowest BCUT2D eigenvalue weighted by Crippen LogP contribution is -2.04. The highest BCUT2D eigenvalue weighted by molar-refractivity contribution is 4.36. The highest BCUT2D eigenvalue weighted by Crippen LogP contribution is 1.91. The summed E-state index contributed by atoms with van der Waals surface area (Å²) >= 11 is 0. The summed E-state index contributed by atoms with van der Waals surface area (Å²) in [6.45, 7) is 0.851. The van der Waals surface area contributed by atoms with Crippen molar-refractivity contribution in [3.63, 3.8) is 0 Å². The van der Waals surface area contributed by atoms with Gasteiger partial charge in [-0.15, -0.1) is 6.61 Å². The molecule has 50 valence electrons. The molecule has 0 aliphatic carbocycles. The predicted molar refractivity (Wildman–Crippen MR) is 30.6 cm³/mol. The third-order valence-electron chi connectivity index (χ3n) is 0.993. The molecule has 0 aromatic carbocycles. The second kappa shape index (κ2) is 6.92. The van der Waals surface area contributed by atoms with Crippen molar-refractivity contribution in [1.82, 2.24) is 0 Å². The average molecular weight is 117 g/mol. The molecule has 0 aliphatic heterocycles. The molecule has 2 nitrogen and oxygen atoms in total. The van der Waals surface area contributed by atoms with Crippen LogP contribution in [0, 0.1) is 0 Å². The van der Waals surface area contributed by atoms with Gasteiger partial charge in [0.2, 0.25) is 0 Å². The molecule has 0 aliphatic rings. The summed E-state index contributed by atoms with van der Waals surface area (Å²) in [4.78, 5) is 0. The molecule has 0 spiro atoms. The second-order valence-electron chi connectivity index (χ2n) is 1.76. The van der Waals surface area contributed by atoms with Crippen molar-refractivity contribution < 1.29 is 9.84 Å². The van der Waals surface area contributed by atoms with Crippen LogP contribution in [0.1, 0.15) is 19.3 Å². The van der Waals surface area contributed by atoms with Gasteiger partial charge >= 0.3 is 0 Å². The Kier molecular flexibility index (Phi) is 6.85. The quantitative estimate of drug-likeness (QED) is 0.480. The van der Waals surface area contributed by atoms with Gasteiger partial charge in [0.15, 0.2) is 0 Å². The van der Waals surface area contributed by atoms with Crippen molar-refractivity contribution in [3.8, 4) is 0 Å². The van der Waals surface area contributed by atoms with E-state index in [0.29, 0.717) is 0 Å². The van der Waals surface area contributed by atoms with Crippen LogP contribution in [0.2, 0.25) is 0 Å². The van der Waals surface area contributed by atoms with Crippen LogP contribution in [-0.2, 0) is 4.74 Å². The van der Waals surface area contributed by atoms with Gasteiger partial charge in [0.25, 0.3) is 0 Å². The number of ether oxygens (including phenoxy) is 1. The summed E-state index contributed by atoms with van der Waals surface area (Å²) in [7, 11) is 1.68. The monoisotopic (exact) mass is 117 g/mol. The van der Waals surface area contributed by atoms with Crippen molar-refractivity contribution in [2.75, 3.05) is 20.3 Å². The number of rotatable bonds is 5. The summed E-state index contributed by atoms with van der Waals surface area (Å²) in [5, 5.41) is 9.85. The molecule has 0 N–H and O–H groups in total. The van der Waals surface area contributed by atoms with Gasteiger partial charge in [-0.05, 0) is 6.42 Å². The van der Waals surface area contributed by atoms with Gasteiger partial charge in [-0.3, -0.25) is 0 Å². The van der Waals surface area contributed by atoms with Gasteiger partial charge in [0, 0.05) is 13.7 Å². The lowest BCUT2D eigenvalue weighted by Gasteiger charge is -2.01. The van der Waals surface area contributed by atoms with E-state index >= 15 is 0 Å². The van der Waals surface area contributed by atoms with E-state index in [1.807, 2.05) is 0 Å². The molecule has 0 amide bonds. The second-order valence-corrected chi connectivity index (χ2v) is 1.76. The maximum Gasteiger partial charge on any atom is 0.0462 e. The highest BCUT2D eigenvalue weighted by Gasteiger charge is 1.81. The maximum absolute atomic E-state index is 9.85. The summed E-state index contributed by atoms with van der Waals surface area (Å²) in [5.41, 5.74) is 0. The molecular formula is C6H13O2-. The molecule has 0 saturated heterocycles. The fourth-order valence-electron chi connectivity index (χ4n) is 0.525. The molecular weight excluding hydrogens is 104 g/mol. The Bertz CT molecular complexity index is 31.5. The normalized spacial score (nSPS) is 9.75.